The van der Waals surface area contributed by atoms with Crippen molar-refractivity contribution in [2.45, 2.75) is 32.7 Å². The van der Waals surface area contributed by atoms with Crippen molar-refractivity contribution in [3.05, 3.63) is 5.89 Å². The van der Waals surface area contributed by atoms with Gasteiger partial charge in [0.15, 0.2) is 0 Å². The van der Waals surface area contributed by atoms with Crippen LogP contribution in [0.2, 0.25) is 0 Å². The quantitative estimate of drug-likeness (QED) is 0.742. The van der Waals surface area contributed by atoms with E-state index >= 15 is 0 Å². The minimum absolute atomic E-state index is 0.463. The largest absolute Gasteiger partial charge is 0.408 e. The van der Waals surface area contributed by atoms with Crippen LogP contribution in [0.5, 0.6) is 0 Å². The van der Waals surface area contributed by atoms with Gasteiger partial charge in [-0.25, -0.2) is 0 Å². The molecule has 12 heavy (non-hydrogen) atoms. The lowest BCUT2D eigenvalue weighted by molar-refractivity contribution is 0.518. The summed E-state index contributed by atoms with van der Waals surface area (Å²) in [4.78, 5) is 0. The molecule has 4 heteroatoms. The first kappa shape index (κ1) is 7.58. The van der Waals surface area contributed by atoms with Crippen molar-refractivity contribution in [1.29, 1.82) is 0 Å². The molecule has 0 saturated heterocycles. The summed E-state index contributed by atoms with van der Waals surface area (Å²) in [5, 5.41) is 10.8. The third kappa shape index (κ3) is 1.57. The average molecular weight is 167 g/mol. The molecule has 66 valence electrons. The highest BCUT2D eigenvalue weighted by atomic mass is 16.4. The Balaban J connectivity index is 1.93. The lowest BCUT2D eigenvalue weighted by atomic mass is 10.2. The predicted molar refractivity (Wildman–Crippen MR) is 44.8 cm³/mol. The minimum atomic E-state index is 0.463. The average Bonchev–Trinajstić information content (AvgIpc) is 2.78. The van der Waals surface area contributed by atoms with Crippen LogP contribution in [-0.4, -0.2) is 16.2 Å². The van der Waals surface area contributed by atoms with Crippen LogP contribution in [-0.2, 0) is 0 Å². The second-order valence-electron chi connectivity index (χ2n) is 3.40. The van der Waals surface area contributed by atoms with E-state index in [2.05, 4.69) is 22.4 Å². The summed E-state index contributed by atoms with van der Waals surface area (Å²) in [7, 11) is 0. The first-order valence-electron chi connectivity index (χ1n) is 4.32. The van der Waals surface area contributed by atoms with Crippen molar-refractivity contribution in [1.82, 2.24) is 10.2 Å². The molecule has 2 rings (SSSR count). The molecule has 0 bridgehead atoms. The zero-order valence-electron chi connectivity index (χ0n) is 7.37. The Morgan fingerprint density at radius 2 is 2.25 bits per heavy atom. The zero-order chi connectivity index (χ0) is 8.55. The summed E-state index contributed by atoms with van der Waals surface area (Å²) < 4.78 is 5.20. The zero-order valence-corrected chi connectivity index (χ0v) is 7.37. The summed E-state index contributed by atoms with van der Waals surface area (Å²) in [6.07, 6.45) is 2.64. The fourth-order valence-corrected chi connectivity index (χ4v) is 1.26. The van der Waals surface area contributed by atoms with Crippen LogP contribution < -0.4 is 5.32 Å². The van der Waals surface area contributed by atoms with Crippen LogP contribution in [0.1, 0.15) is 25.7 Å². The number of aromatic nitrogens is 2. The van der Waals surface area contributed by atoms with Crippen molar-refractivity contribution < 1.29 is 4.42 Å². The summed E-state index contributed by atoms with van der Waals surface area (Å²) in [6.45, 7) is 3.94. The fourth-order valence-electron chi connectivity index (χ4n) is 1.26. The Bertz CT molecular complexity index is 267. The summed E-state index contributed by atoms with van der Waals surface area (Å²) in [5.41, 5.74) is 0. The standard InChI is InChI=1S/C8H13N3O/c1-5(7-3-4-7)9-8-11-10-6(2)12-8/h5,7H,3-4H2,1-2H3,(H,9,11). The van der Waals surface area contributed by atoms with Crippen molar-refractivity contribution in [2.75, 3.05) is 5.32 Å². The van der Waals surface area contributed by atoms with Gasteiger partial charge in [-0.1, -0.05) is 5.10 Å². The number of nitrogens with one attached hydrogen (secondary N) is 1. The topological polar surface area (TPSA) is 51.0 Å². The Kier molecular flexibility index (Phi) is 1.75. The maximum atomic E-state index is 5.20. The molecular formula is C8H13N3O. The van der Waals surface area contributed by atoms with Gasteiger partial charge in [-0.2, -0.15) is 0 Å². The highest BCUT2D eigenvalue weighted by Gasteiger charge is 2.28. The van der Waals surface area contributed by atoms with Gasteiger partial charge in [0, 0.05) is 13.0 Å². The number of anilines is 1. The van der Waals surface area contributed by atoms with E-state index in [0.717, 1.165) is 5.92 Å². The van der Waals surface area contributed by atoms with Crippen LogP contribution >= 0.6 is 0 Å². The van der Waals surface area contributed by atoms with Crippen LogP contribution in [0.15, 0.2) is 4.42 Å². The Morgan fingerprint density at radius 3 is 2.75 bits per heavy atom. The smallest absolute Gasteiger partial charge is 0.315 e. The Morgan fingerprint density at radius 1 is 1.50 bits per heavy atom. The highest BCUT2D eigenvalue weighted by molar-refractivity contribution is 5.20. The molecule has 1 aliphatic carbocycles. The van der Waals surface area contributed by atoms with E-state index in [-0.39, 0.29) is 0 Å². The summed E-state index contributed by atoms with van der Waals surface area (Å²) >= 11 is 0. The van der Waals surface area contributed by atoms with Crippen LogP contribution in [0, 0.1) is 12.8 Å². The second-order valence-corrected chi connectivity index (χ2v) is 3.40. The van der Waals surface area contributed by atoms with E-state index in [0.29, 0.717) is 17.9 Å². The molecule has 1 aliphatic rings. The van der Waals surface area contributed by atoms with Crippen molar-refractivity contribution in [2.24, 2.45) is 5.92 Å². The van der Waals surface area contributed by atoms with Crippen LogP contribution in [0.3, 0.4) is 0 Å². The van der Waals surface area contributed by atoms with Gasteiger partial charge in [0.05, 0.1) is 0 Å². The number of hydrogen-bond acceptors (Lipinski definition) is 4. The molecule has 1 unspecified atom stereocenters. The third-order valence-electron chi connectivity index (χ3n) is 2.21. The molecule has 0 spiro atoms. The molecule has 1 aromatic heterocycles. The maximum Gasteiger partial charge on any atom is 0.315 e. The van der Waals surface area contributed by atoms with Crippen molar-refractivity contribution >= 4 is 6.01 Å². The fraction of sp³-hybridized carbons (Fsp3) is 0.750. The Hall–Kier alpha value is -1.06. The molecule has 0 aromatic carbocycles. The van der Waals surface area contributed by atoms with Crippen LogP contribution in [0.25, 0.3) is 0 Å². The van der Waals surface area contributed by atoms with E-state index in [4.69, 9.17) is 4.42 Å². The predicted octanol–water partition coefficient (Wildman–Crippen LogP) is 1.59. The third-order valence-corrected chi connectivity index (χ3v) is 2.21. The van der Waals surface area contributed by atoms with E-state index < -0.39 is 0 Å². The molecule has 1 aromatic rings. The van der Waals surface area contributed by atoms with Gasteiger partial charge in [-0.05, 0) is 25.7 Å². The van der Waals surface area contributed by atoms with Gasteiger partial charge in [0.25, 0.3) is 0 Å². The second kappa shape index (κ2) is 2.77. The van der Waals surface area contributed by atoms with Gasteiger partial charge in [0.2, 0.25) is 5.89 Å². The monoisotopic (exact) mass is 167 g/mol. The number of hydrogen-bond donors (Lipinski definition) is 1. The highest BCUT2D eigenvalue weighted by Crippen LogP contribution is 2.33. The molecule has 1 heterocycles. The van der Waals surface area contributed by atoms with Gasteiger partial charge < -0.3 is 9.73 Å². The van der Waals surface area contributed by atoms with E-state index in [9.17, 15) is 0 Å². The van der Waals surface area contributed by atoms with Gasteiger partial charge >= 0.3 is 6.01 Å². The summed E-state index contributed by atoms with van der Waals surface area (Å²) in [6, 6.07) is 1.01. The maximum absolute atomic E-state index is 5.20. The molecule has 0 radical (unpaired) electrons. The lowest BCUT2D eigenvalue weighted by Gasteiger charge is -2.08. The van der Waals surface area contributed by atoms with E-state index in [1.807, 2.05) is 0 Å². The molecule has 4 nitrogen and oxygen atoms in total. The molecule has 1 N–H and O–H groups in total. The van der Waals surface area contributed by atoms with E-state index in [1.165, 1.54) is 12.8 Å². The number of rotatable bonds is 3. The number of nitrogens with zero attached hydrogens (tertiary/aromatic N) is 2. The van der Waals surface area contributed by atoms with Gasteiger partial charge in [-0.3, -0.25) is 0 Å². The van der Waals surface area contributed by atoms with E-state index in [1.54, 1.807) is 6.92 Å². The van der Waals surface area contributed by atoms with Crippen LogP contribution in [0.4, 0.5) is 6.01 Å². The molecule has 1 fully saturated rings. The lowest BCUT2D eigenvalue weighted by Crippen LogP contribution is -2.17. The van der Waals surface area contributed by atoms with Gasteiger partial charge in [0.1, 0.15) is 0 Å². The minimum Gasteiger partial charge on any atom is -0.408 e. The first-order valence-corrected chi connectivity index (χ1v) is 4.32. The van der Waals surface area contributed by atoms with Crippen molar-refractivity contribution in [3.8, 4) is 0 Å². The van der Waals surface area contributed by atoms with Gasteiger partial charge in [-0.15, -0.1) is 5.10 Å². The Labute approximate surface area is 71.4 Å². The van der Waals surface area contributed by atoms with Crippen molar-refractivity contribution in [3.63, 3.8) is 0 Å². The first-order chi connectivity index (χ1) is 5.75. The SMILES string of the molecule is Cc1nnc(NC(C)C2CC2)o1. The molecule has 1 saturated carbocycles. The summed E-state index contributed by atoms with van der Waals surface area (Å²) in [5.74, 6) is 1.41. The molecule has 1 atom stereocenters. The number of aryl methyl sites for hydroxylation is 1. The molecule has 0 amide bonds. The molecule has 0 aliphatic heterocycles. The molecular weight excluding hydrogens is 154 g/mol. The normalized spacial score (nSPS) is 19.2.